The molecule has 22 heavy (non-hydrogen) atoms. The molecule has 2 fully saturated rings. The number of phenols is 1. The summed E-state index contributed by atoms with van der Waals surface area (Å²) >= 11 is 0. The molecule has 4 heteroatoms. The summed E-state index contributed by atoms with van der Waals surface area (Å²) in [5, 5.41) is 9.35. The number of hydrogen-bond donors (Lipinski definition) is 1. The van der Waals surface area contributed by atoms with Gasteiger partial charge in [0.25, 0.3) is 0 Å². The van der Waals surface area contributed by atoms with Crippen LogP contribution < -0.4 is 0 Å². The molecule has 3 rings (SSSR count). The molecular weight excluding hydrogens is 276 g/mol. The lowest BCUT2D eigenvalue weighted by Gasteiger charge is -2.36. The lowest BCUT2D eigenvalue weighted by Crippen LogP contribution is -2.45. The molecule has 2 heterocycles. The highest BCUT2D eigenvalue weighted by Gasteiger charge is 2.31. The smallest absolute Gasteiger partial charge is 0.219 e. The molecule has 2 aliphatic heterocycles. The molecule has 2 aliphatic rings. The predicted molar refractivity (Wildman–Crippen MR) is 86.8 cm³/mol. The maximum absolute atomic E-state index is 11.4. The largest absolute Gasteiger partial charge is 0.508 e. The first-order valence-electron chi connectivity index (χ1n) is 8.39. The second-order valence-electron chi connectivity index (χ2n) is 6.76. The zero-order valence-corrected chi connectivity index (χ0v) is 13.4. The number of nitrogens with zero attached hydrogens (tertiary/aromatic N) is 2. The van der Waals surface area contributed by atoms with Crippen LogP contribution in [0.3, 0.4) is 0 Å². The van der Waals surface area contributed by atoms with Gasteiger partial charge >= 0.3 is 0 Å². The van der Waals surface area contributed by atoms with E-state index < -0.39 is 0 Å². The fraction of sp³-hybridized carbons (Fsp3) is 0.611. The SMILES string of the molecule is CC(=O)N1CCC(N2CCC(Cc3ccc(O)cc3)C2)CC1. The number of phenolic OH excluding ortho intramolecular Hbond substituents is 1. The first-order valence-corrected chi connectivity index (χ1v) is 8.39. The average molecular weight is 302 g/mol. The third-order valence-corrected chi connectivity index (χ3v) is 5.20. The molecule has 0 bridgehead atoms. The van der Waals surface area contributed by atoms with E-state index in [1.807, 2.05) is 17.0 Å². The molecular formula is C18H26N2O2. The summed E-state index contributed by atoms with van der Waals surface area (Å²) in [4.78, 5) is 16.0. The van der Waals surface area contributed by atoms with Crippen molar-refractivity contribution in [2.24, 2.45) is 5.92 Å². The minimum absolute atomic E-state index is 0.213. The van der Waals surface area contributed by atoms with Crippen LogP contribution in [-0.4, -0.2) is 53.0 Å². The van der Waals surface area contributed by atoms with Crippen molar-refractivity contribution in [1.29, 1.82) is 0 Å². The van der Waals surface area contributed by atoms with E-state index in [9.17, 15) is 9.90 Å². The van der Waals surface area contributed by atoms with Crippen molar-refractivity contribution >= 4 is 5.91 Å². The molecule has 0 aliphatic carbocycles. The first kappa shape index (κ1) is 15.3. The number of likely N-dealkylation sites (tertiary alicyclic amines) is 2. The van der Waals surface area contributed by atoms with Crippen LogP contribution in [0.5, 0.6) is 5.75 Å². The Hall–Kier alpha value is -1.55. The van der Waals surface area contributed by atoms with Crippen LogP contribution in [0.1, 0.15) is 31.7 Å². The van der Waals surface area contributed by atoms with E-state index in [1.165, 1.54) is 25.1 Å². The molecule has 0 spiro atoms. The van der Waals surface area contributed by atoms with Gasteiger partial charge in [-0.1, -0.05) is 12.1 Å². The quantitative estimate of drug-likeness (QED) is 0.931. The number of benzene rings is 1. The zero-order chi connectivity index (χ0) is 15.5. The molecule has 1 amide bonds. The molecule has 0 saturated carbocycles. The Morgan fingerprint density at radius 2 is 1.82 bits per heavy atom. The Kier molecular flexibility index (Phi) is 4.67. The highest BCUT2D eigenvalue weighted by Crippen LogP contribution is 2.27. The van der Waals surface area contributed by atoms with Gasteiger partial charge in [-0.2, -0.15) is 0 Å². The minimum atomic E-state index is 0.213. The molecule has 1 atom stereocenters. The normalized spacial score (nSPS) is 23.9. The first-order chi connectivity index (χ1) is 10.6. The second-order valence-corrected chi connectivity index (χ2v) is 6.76. The van der Waals surface area contributed by atoms with E-state index in [2.05, 4.69) is 4.90 Å². The molecule has 1 N–H and O–H groups in total. The van der Waals surface area contributed by atoms with Crippen molar-refractivity contribution in [3.05, 3.63) is 29.8 Å². The van der Waals surface area contributed by atoms with Gasteiger partial charge in [-0.25, -0.2) is 0 Å². The van der Waals surface area contributed by atoms with Gasteiger partial charge in [-0.15, -0.1) is 0 Å². The third kappa shape index (κ3) is 3.61. The van der Waals surface area contributed by atoms with Crippen molar-refractivity contribution in [2.45, 2.75) is 38.6 Å². The highest BCUT2D eigenvalue weighted by molar-refractivity contribution is 5.73. The number of piperidine rings is 1. The van der Waals surface area contributed by atoms with Crippen LogP contribution in [0.4, 0.5) is 0 Å². The maximum atomic E-state index is 11.4. The van der Waals surface area contributed by atoms with Crippen LogP contribution in [0.15, 0.2) is 24.3 Å². The molecule has 2 saturated heterocycles. The van der Waals surface area contributed by atoms with Gasteiger partial charge in [0.1, 0.15) is 5.75 Å². The minimum Gasteiger partial charge on any atom is -0.508 e. The van der Waals surface area contributed by atoms with Gasteiger partial charge in [0.15, 0.2) is 0 Å². The molecule has 4 nitrogen and oxygen atoms in total. The Morgan fingerprint density at radius 3 is 2.45 bits per heavy atom. The van der Waals surface area contributed by atoms with E-state index in [0.717, 1.165) is 38.3 Å². The van der Waals surface area contributed by atoms with Gasteiger partial charge in [0.2, 0.25) is 5.91 Å². The Morgan fingerprint density at radius 1 is 1.14 bits per heavy atom. The van der Waals surface area contributed by atoms with E-state index in [4.69, 9.17) is 0 Å². The monoisotopic (exact) mass is 302 g/mol. The summed E-state index contributed by atoms with van der Waals surface area (Å²) in [5.41, 5.74) is 1.32. The number of carbonyl (C=O) groups excluding carboxylic acids is 1. The molecule has 0 aromatic heterocycles. The number of aromatic hydroxyl groups is 1. The van der Waals surface area contributed by atoms with E-state index in [1.54, 1.807) is 19.1 Å². The number of rotatable bonds is 3. The van der Waals surface area contributed by atoms with Crippen LogP contribution in [0, 0.1) is 5.92 Å². The van der Waals surface area contributed by atoms with Crippen LogP contribution >= 0.6 is 0 Å². The van der Waals surface area contributed by atoms with Gasteiger partial charge in [-0.05, 0) is 55.8 Å². The number of carbonyl (C=O) groups is 1. The standard InChI is InChI=1S/C18H26N2O2/c1-14(21)19-10-7-17(8-11-19)20-9-6-16(13-20)12-15-2-4-18(22)5-3-15/h2-5,16-17,22H,6-13H2,1H3. The molecule has 120 valence electrons. The Balaban J connectivity index is 1.48. The van der Waals surface area contributed by atoms with E-state index in [0.29, 0.717) is 11.8 Å². The zero-order valence-electron chi connectivity index (χ0n) is 13.4. The van der Waals surface area contributed by atoms with Crippen molar-refractivity contribution < 1.29 is 9.90 Å². The molecule has 0 radical (unpaired) electrons. The number of amides is 1. The second kappa shape index (κ2) is 6.69. The summed E-state index contributed by atoms with van der Waals surface area (Å²) in [7, 11) is 0. The van der Waals surface area contributed by atoms with E-state index in [-0.39, 0.29) is 5.91 Å². The van der Waals surface area contributed by atoms with Crippen molar-refractivity contribution in [3.63, 3.8) is 0 Å². The van der Waals surface area contributed by atoms with Crippen LogP contribution in [0.25, 0.3) is 0 Å². The summed E-state index contributed by atoms with van der Waals surface area (Å²) in [5.74, 6) is 1.27. The average Bonchev–Trinajstić information content (AvgIpc) is 2.98. The molecule has 1 unspecified atom stereocenters. The van der Waals surface area contributed by atoms with Gasteiger partial charge in [-0.3, -0.25) is 9.69 Å². The topological polar surface area (TPSA) is 43.8 Å². The molecule has 1 aromatic carbocycles. The van der Waals surface area contributed by atoms with Crippen LogP contribution in [-0.2, 0) is 11.2 Å². The van der Waals surface area contributed by atoms with Crippen LogP contribution in [0.2, 0.25) is 0 Å². The maximum Gasteiger partial charge on any atom is 0.219 e. The fourth-order valence-corrected chi connectivity index (χ4v) is 3.87. The lowest BCUT2D eigenvalue weighted by molar-refractivity contribution is -0.130. The Labute approximate surface area is 132 Å². The van der Waals surface area contributed by atoms with Crippen molar-refractivity contribution in [2.75, 3.05) is 26.2 Å². The highest BCUT2D eigenvalue weighted by atomic mass is 16.3. The van der Waals surface area contributed by atoms with Gasteiger partial charge in [0.05, 0.1) is 0 Å². The fourth-order valence-electron chi connectivity index (χ4n) is 3.87. The summed E-state index contributed by atoms with van der Waals surface area (Å²) < 4.78 is 0. The third-order valence-electron chi connectivity index (χ3n) is 5.20. The van der Waals surface area contributed by atoms with Crippen molar-refractivity contribution in [3.8, 4) is 5.75 Å². The molecule has 1 aromatic rings. The van der Waals surface area contributed by atoms with Crippen molar-refractivity contribution in [1.82, 2.24) is 9.80 Å². The predicted octanol–water partition coefficient (Wildman–Crippen LogP) is 2.27. The van der Waals surface area contributed by atoms with E-state index >= 15 is 0 Å². The lowest BCUT2D eigenvalue weighted by atomic mass is 9.98. The van der Waals surface area contributed by atoms with Gasteiger partial charge in [0, 0.05) is 32.6 Å². The summed E-state index contributed by atoms with van der Waals surface area (Å²) in [6, 6.07) is 8.27. The number of hydrogen-bond acceptors (Lipinski definition) is 3. The Bertz CT molecular complexity index is 506. The summed E-state index contributed by atoms with van der Waals surface area (Å²) in [6.45, 7) is 5.86. The summed E-state index contributed by atoms with van der Waals surface area (Å²) in [6.07, 6.45) is 4.59. The van der Waals surface area contributed by atoms with Gasteiger partial charge < -0.3 is 10.0 Å².